The van der Waals surface area contributed by atoms with Gasteiger partial charge in [-0.3, -0.25) is 9.88 Å². The first-order chi connectivity index (χ1) is 15.0. The normalized spacial score (nSPS) is 26.2. The lowest BCUT2D eigenvalue weighted by Gasteiger charge is -2.50. The molecule has 0 radical (unpaired) electrons. The lowest BCUT2D eigenvalue weighted by atomic mass is 9.81. The minimum atomic E-state index is -4.40. The summed E-state index contributed by atoms with van der Waals surface area (Å²) >= 11 is 0. The maximum atomic E-state index is 12.8. The number of fused-ring (bicyclic) bond motifs is 1. The van der Waals surface area contributed by atoms with Crippen LogP contribution < -0.4 is 4.90 Å². The Balaban J connectivity index is 1.28. The number of pyridine rings is 2. The van der Waals surface area contributed by atoms with Gasteiger partial charge in [-0.15, -0.1) is 0 Å². The fourth-order valence-corrected chi connectivity index (χ4v) is 5.34. The van der Waals surface area contributed by atoms with Gasteiger partial charge in [0.1, 0.15) is 5.69 Å². The molecule has 5 nitrogen and oxygen atoms in total. The van der Waals surface area contributed by atoms with Gasteiger partial charge in [0.2, 0.25) is 0 Å². The largest absolute Gasteiger partial charge is 0.433 e. The van der Waals surface area contributed by atoms with E-state index in [1.807, 2.05) is 18.5 Å². The Morgan fingerprint density at radius 1 is 1.03 bits per heavy atom. The van der Waals surface area contributed by atoms with E-state index in [0.29, 0.717) is 24.0 Å². The molecule has 0 aromatic carbocycles. The van der Waals surface area contributed by atoms with Gasteiger partial charge < -0.3 is 9.64 Å². The van der Waals surface area contributed by atoms with Crippen molar-refractivity contribution in [2.24, 2.45) is 11.8 Å². The summed E-state index contributed by atoms with van der Waals surface area (Å²) in [4.78, 5) is 12.8. The summed E-state index contributed by atoms with van der Waals surface area (Å²) < 4.78 is 44.1. The number of hydrogen-bond acceptors (Lipinski definition) is 5. The molecule has 2 aromatic rings. The van der Waals surface area contributed by atoms with E-state index in [1.165, 1.54) is 17.8 Å². The average molecular weight is 432 g/mol. The molecule has 0 bridgehead atoms. The van der Waals surface area contributed by atoms with Gasteiger partial charge in [0.25, 0.3) is 0 Å². The third kappa shape index (κ3) is 4.28. The third-order valence-electron chi connectivity index (χ3n) is 7.03. The number of halogens is 3. The molecule has 3 atom stereocenters. The SMILES string of the molecule is FC(F)(F)c1ccc(N2CCC(C(c3cccnc3)N3CCC4OCC4C3)CC2)cn1. The monoisotopic (exact) mass is 432 g/mol. The number of ether oxygens (including phenoxy) is 1. The molecule has 0 saturated carbocycles. The van der Waals surface area contributed by atoms with Gasteiger partial charge in [-0.1, -0.05) is 6.07 Å². The number of hydrogen-bond donors (Lipinski definition) is 0. The Labute approximate surface area is 180 Å². The van der Waals surface area contributed by atoms with Crippen LogP contribution in [-0.4, -0.2) is 53.8 Å². The Kier molecular flexibility index (Phi) is 5.60. The van der Waals surface area contributed by atoms with Crippen molar-refractivity contribution in [3.63, 3.8) is 0 Å². The molecule has 5 rings (SSSR count). The third-order valence-corrected chi connectivity index (χ3v) is 7.03. The number of likely N-dealkylation sites (tertiary alicyclic amines) is 1. The fourth-order valence-electron chi connectivity index (χ4n) is 5.34. The van der Waals surface area contributed by atoms with Crippen LogP contribution in [0.1, 0.15) is 36.6 Å². The highest BCUT2D eigenvalue weighted by atomic mass is 19.4. The van der Waals surface area contributed by atoms with Crippen LogP contribution >= 0.6 is 0 Å². The van der Waals surface area contributed by atoms with E-state index >= 15 is 0 Å². The summed E-state index contributed by atoms with van der Waals surface area (Å²) in [6.07, 6.45) is 4.23. The molecule has 3 saturated heterocycles. The van der Waals surface area contributed by atoms with Gasteiger partial charge in [0.05, 0.1) is 24.6 Å². The van der Waals surface area contributed by atoms with Crippen molar-refractivity contribution in [3.05, 3.63) is 54.1 Å². The van der Waals surface area contributed by atoms with Crippen LogP contribution in [0.2, 0.25) is 0 Å². The van der Waals surface area contributed by atoms with Crippen LogP contribution in [0.5, 0.6) is 0 Å². The molecule has 8 heteroatoms. The summed E-state index contributed by atoms with van der Waals surface area (Å²) in [5, 5.41) is 0. The summed E-state index contributed by atoms with van der Waals surface area (Å²) in [5.74, 6) is 1.12. The molecule has 3 aliphatic heterocycles. The summed E-state index contributed by atoms with van der Waals surface area (Å²) in [6.45, 7) is 4.59. The summed E-state index contributed by atoms with van der Waals surface area (Å²) in [5.41, 5.74) is 1.18. The second kappa shape index (κ2) is 8.39. The van der Waals surface area contributed by atoms with Gasteiger partial charge >= 0.3 is 6.18 Å². The Bertz CT molecular complexity index is 869. The predicted molar refractivity (Wildman–Crippen MR) is 111 cm³/mol. The number of alkyl halides is 3. The van der Waals surface area contributed by atoms with Crippen LogP contribution in [0.25, 0.3) is 0 Å². The van der Waals surface area contributed by atoms with Gasteiger partial charge in [0, 0.05) is 50.5 Å². The summed E-state index contributed by atoms with van der Waals surface area (Å²) in [7, 11) is 0. The van der Waals surface area contributed by atoms with Crippen molar-refractivity contribution in [3.8, 4) is 0 Å². The smallest absolute Gasteiger partial charge is 0.377 e. The number of anilines is 1. The molecule has 0 spiro atoms. The standard InChI is InChI=1S/C23H27F3N4O/c24-23(25,26)21-4-3-19(13-28-21)29-9-5-16(6-10-29)22(17-2-1-8-27-12-17)30-11-7-20-18(14-30)15-31-20/h1-4,8,12-13,16,18,20,22H,5-7,9-11,14-15H2. The molecule has 3 aliphatic rings. The highest BCUT2D eigenvalue weighted by Gasteiger charge is 2.41. The van der Waals surface area contributed by atoms with E-state index in [2.05, 4.69) is 25.8 Å². The molecular formula is C23H27F3N4O. The second-order valence-electron chi connectivity index (χ2n) is 8.87. The van der Waals surface area contributed by atoms with E-state index < -0.39 is 11.9 Å². The van der Waals surface area contributed by atoms with Crippen molar-refractivity contribution in [1.29, 1.82) is 0 Å². The van der Waals surface area contributed by atoms with Crippen LogP contribution in [0.4, 0.5) is 18.9 Å². The van der Waals surface area contributed by atoms with Crippen LogP contribution in [0, 0.1) is 11.8 Å². The van der Waals surface area contributed by atoms with Gasteiger partial charge in [0.15, 0.2) is 0 Å². The number of nitrogens with zero attached hydrogens (tertiary/aromatic N) is 4. The van der Waals surface area contributed by atoms with Crippen LogP contribution in [0.15, 0.2) is 42.9 Å². The zero-order valence-electron chi connectivity index (χ0n) is 17.3. The Morgan fingerprint density at radius 2 is 1.87 bits per heavy atom. The molecule has 0 amide bonds. The van der Waals surface area contributed by atoms with Gasteiger partial charge in [-0.2, -0.15) is 13.2 Å². The minimum Gasteiger partial charge on any atom is -0.377 e. The minimum absolute atomic E-state index is 0.322. The van der Waals surface area contributed by atoms with E-state index in [-0.39, 0.29) is 0 Å². The topological polar surface area (TPSA) is 41.5 Å². The molecule has 3 fully saturated rings. The predicted octanol–water partition coefficient (Wildman–Crippen LogP) is 4.17. The molecule has 0 N–H and O–H groups in total. The quantitative estimate of drug-likeness (QED) is 0.725. The van der Waals surface area contributed by atoms with E-state index in [4.69, 9.17) is 4.74 Å². The Hall–Kier alpha value is -2.19. The lowest BCUT2D eigenvalue weighted by Crippen LogP contribution is -2.55. The summed E-state index contributed by atoms with van der Waals surface area (Å²) in [6, 6.07) is 7.11. The van der Waals surface area contributed by atoms with E-state index in [9.17, 15) is 13.2 Å². The van der Waals surface area contributed by atoms with Crippen molar-refractivity contribution < 1.29 is 17.9 Å². The van der Waals surface area contributed by atoms with Crippen LogP contribution in [0.3, 0.4) is 0 Å². The first-order valence-corrected chi connectivity index (χ1v) is 11.0. The highest BCUT2D eigenvalue weighted by molar-refractivity contribution is 5.45. The number of piperidine rings is 2. The molecule has 166 valence electrons. The Morgan fingerprint density at radius 3 is 2.45 bits per heavy atom. The first kappa shape index (κ1) is 20.7. The van der Waals surface area contributed by atoms with Gasteiger partial charge in [-0.25, -0.2) is 4.98 Å². The maximum absolute atomic E-state index is 12.8. The molecule has 0 aliphatic carbocycles. The molecular weight excluding hydrogens is 405 g/mol. The molecule has 5 heterocycles. The second-order valence-corrected chi connectivity index (χ2v) is 8.87. The zero-order valence-corrected chi connectivity index (χ0v) is 17.3. The zero-order chi connectivity index (χ0) is 21.4. The maximum Gasteiger partial charge on any atom is 0.433 e. The number of rotatable bonds is 4. The lowest BCUT2D eigenvalue weighted by molar-refractivity contribution is -0.156. The van der Waals surface area contributed by atoms with Gasteiger partial charge in [-0.05, 0) is 48.9 Å². The average Bonchev–Trinajstić information content (AvgIpc) is 2.76. The van der Waals surface area contributed by atoms with E-state index in [1.54, 1.807) is 0 Å². The van der Waals surface area contributed by atoms with Crippen molar-refractivity contribution >= 4 is 5.69 Å². The van der Waals surface area contributed by atoms with Crippen molar-refractivity contribution in [2.75, 3.05) is 37.7 Å². The van der Waals surface area contributed by atoms with Crippen molar-refractivity contribution in [1.82, 2.24) is 14.9 Å². The first-order valence-electron chi connectivity index (χ1n) is 11.0. The van der Waals surface area contributed by atoms with Crippen LogP contribution in [-0.2, 0) is 10.9 Å². The fraction of sp³-hybridized carbons (Fsp3) is 0.565. The highest BCUT2D eigenvalue weighted by Crippen LogP contribution is 2.40. The van der Waals surface area contributed by atoms with Crippen molar-refractivity contribution in [2.45, 2.75) is 37.6 Å². The number of aromatic nitrogens is 2. The molecule has 3 unspecified atom stereocenters. The molecule has 2 aromatic heterocycles. The van der Waals surface area contributed by atoms with E-state index in [0.717, 1.165) is 63.8 Å². The molecule has 31 heavy (non-hydrogen) atoms.